The molecule has 1 amide bonds. The highest BCUT2D eigenvalue weighted by molar-refractivity contribution is 8.26. The first kappa shape index (κ1) is 29.6. The highest BCUT2D eigenvalue weighted by atomic mass is 35.5. The number of carbonyl (C=O) groups excluding carboxylic acids is 5. The van der Waals surface area contributed by atoms with Crippen molar-refractivity contribution in [2.45, 2.75) is 58.3 Å². The number of hydrogen-bond acceptors (Lipinski definition) is 12. The Labute approximate surface area is 232 Å². The normalized spacial score (nSPS) is 26.2. The van der Waals surface area contributed by atoms with Gasteiger partial charge < -0.3 is 23.7 Å². The molecule has 3 rings (SSSR count). The topological polar surface area (TPSA) is 135 Å². The van der Waals surface area contributed by atoms with Gasteiger partial charge in [0.15, 0.2) is 28.9 Å². The summed E-state index contributed by atoms with van der Waals surface area (Å²) in [6.45, 7) is 4.07. The van der Waals surface area contributed by atoms with E-state index in [1.807, 2.05) is 0 Å². The Hall–Kier alpha value is -3.00. The fourth-order valence-electron chi connectivity index (χ4n) is 3.82. The highest BCUT2D eigenvalue weighted by Crippen LogP contribution is 2.39. The first-order chi connectivity index (χ1) is 17.9. The maximum Gasteiger partial charge on any atom is 0.303 e. The lowest BCUT2D eigenvalue weighted by Gasteiger charge is -2.46. The summed E-state index contributed by atoms with van der Waals surface area (Å²) in [7, 11) is 0. The molecule has 5 atom stereocenters. The SMILES string of the molecule is CC(=O)OC[C@@H]1O[C@@H](N2C(=O)/C(=C/c3ccc(Cl)cc3)SC2=S)[C@@H](OC(C)=O)[C@@H](OC(C)=O)[C@H]1OC(C)=O. The molecule has 0 radical (unpaired) electrons. The van der Waals surface area contributed by atoms with Crippen LogP contribution in [0.4, 0.5) is 0 Å². The maximum absolute atomic E-state index is 13.5. The largest absolute Gasteiger partial charge is 0.463 e. The van der Waals surface area contributed by atoms with Gasteiger partial charge in [0.1, 0.15) is 12.7 Å². The number of carbonyl (C=O) groups is 5. The van der Waals surface area contributed by atoms with Crippen molar-refractivity contribution in [1.82, 2.24) is 4.90 Å². The van der Waals surface area contributed by atoms with E-state index in [4.69, 9.17) is 47.5 Å². The Kier molecular flexibility index (Phi) is 9.88. The Morgan fingerprint density at radius 2 is 1.50 bits per heavy atom. The summed E-state index contributed by atoms with van der Waals surface area (Å²) in [6.07, 6.45) is -5.26. The van der Waals surface area contributed by atoms with Crippen molar-refractivity contribution in [2.75, 3.05) is 6.61 Å². The Morgan fingerprint density at radius 1 is 0.947 bits per heavy atom. The van der Waals surface area contributed by atoms with E-state index in [9.17, 15) is 24.0 Å². The zero-order chi connectivity index (χ0) is 28.1. The molecule has 1 aromatic carbocycles. The third-order valence-electron chi connectivity index (χ3n) is 5.21. The molecule has 2 fully saturated rings. The molecule has 11 nitrogen and oxygen atoms in total. The molecule has 0 unspecified atom stereocenters. The van der Waals surface area contributed by atoms with E-state index in [2.05, 4.69) is 0 Å². The predicted molar refractivity (Wildman–Crippen MR) is 138 cm³/mol. The van der Waals surface area contributed by atoms with Gasteiger partial charge in [-0.25, -0.2) is 0 Å². The van der Waals surface area contributed by atoms with Gasteiger partial charge >= 0.3 is 23.9 Å². The molecule has 1 aromatic rings. The van der Waals surface area contributed by atoms with Crippen LogP contribution in [-0.2, 0) is 47.7 Å². The number of amides is 1. The van der Waals surface area contributed by atoms with Crippen LogP contribution < -0.4 is 0 Å². The smallest absolute Gasteiger partial charge is 0.303 e. The number of rotatable bonds is 7. The van der Waals surface area contributed by atoms with Gasteiger partial charge in [0.25, 0.3) is 5.91 Å². The Balaban J connectivity index is 2.04. The standard InChI is InChI=1S/C24H24ClNO10S2/c1-11(27)32-10-17-19(33-12(2)28)20(34-13(3)29)21(35-14(4)30)23(36-17)26-22(31)18(38-24(26)37)9-15-5-7-16(25)8-6-15/h5-9,17,19-21,23H,10H2,1-4H3/b18-9-/t17-,19-,20-,21-,23+/m0/s1. The van der Waals surface area contributed by atoms with Gasteiger partial charge in [-0.1, -0.05) is 47.7 Å². The van der Waals surface area contributed by atoms with E-state index >= 15 is 0 Å². The molecule has 2 aliphatic heterocycles. The molecular formula is C24H24ClNO10S2. The van der Waals surface area contributed by atoms with Crippen molar-refractivity contribution < 1.29 is 47.7 Å². The van der Waals surface area contributed by atoms with Crippen LogP contribution in [0.25, 0.3) is 6.08 Å². The molecule has 38 heavy (non-hydrogen) atoms. The van der Waals surface area contributed by atoms with E-state index < -0.39 is 67.0 Å². The average Bonchev–Trinajstić information content (AvgIpc) is 3.08. The molecule has 0 N–H and O–H groups in total. The van der Waals surface area contributed by atoms with Crippen molar-refractivity contribution in [3.05, 3.63) is 39.8 Å². The third-order valence-corrected chi connectivity index (χ3v) is 6.79. The van der Waals surface area contributed by atoms with Gasteiger partial charge in [0.05, 0.1) is 4.91 Å². The minimum Gasteiger partial charge on any atom is -0.463 e. The molecule has 0 bridgehead atoms. The fraction of sp³-hybridized carbons (Fsp3) is 0.417. The summed E-state index contributed by atoms with van der Waals surface area (Å²) in [4.78, 5) is 62.3. The van der Waals surface area contributed by atoms with E-state index in [0.29, 0.717) is 10.6 Å². The maximum atomic E-state index is 13.5. The van der Waals surface area contributed by atoms with Crippen LogP contribution in [0, 0.1) is 0 Å². The minimum atomic E-state index is -1.45. The predicted octanol–water partition coefficient (Wildman–Crippen LogP) is 2.62. The summed E-state index contributed by atoms with van der Waals surface area (Å²) >= 11 is 12.4. The van der Waals surface area contributed by atoms with Gasteiger partial charge in [0.2, 0.25) is 0 Å². The van der Waals surface area contributed by atoms with Gasteiger partial charge in [-0.2, -0.15) is 0 Å². The van der Waals surface area contributed by atoms with Crippen LogP contribution in [0.3, 0.4) is 0 Å². The summed E-state index contributed by atoms with van der Waals surface area (Å²) in [5.41, 5.74) is 0.677. The number of benzene rings is 1. The number of hydrogen-bond donors (Lipinski definition) is 0. The molecular weight excluding hydrogens is 562 g/mol. The van der Waals surface area contributed by atoms with Gasteiger partial charge in [-0.3, -0.25) is 28.9 Å². The molecule has 2 saturated heterocycles. The highest BCUT2D eigenvalue weighted by Gasteiger charge is 2.56. The second-order valence-corrected chi connectivity index (χ2v) is 10.3. The number of ether oxygens (including phenoxy) is 5. The minimum absolute atomic E-state index is 0.0658. The second kappa shape index (κ2) is 12.7. The molecule has 204 valence electrons. The average molecular weight is 586 g/mol. The zero-order valence-corrected chi connectivity index (χ0v) is 23.1. The van der Waals surface area contributed by atoms with Crippen molar-refractivity contribution in [3.63, 3.8) is 0 Å². The van der Waals surface area contributed by atoms with Crippen molar-refractivity contribution in [3.8, 4) is 0 Å². The monoisotopic (exact) mass is 585 g/mol. The lowest BCUT2D eigenvalue weighted by atomic mass is 9.96. The van der Waals surface area contributed by atoms with E-state index in [0.717, 1.165) is 44.4 Å². The fourth-order valence-corrected chi connectivity index (χ4v) is 5.26. The third kappa shape index (κ3) is 7.31. The van der Waals surface area contributed by atoms with Crippen molar-refractivity contribution in [2.24, 2.45) is 0 Å². The Morgan fingerprint density at radius 3 is 2.05 bits per heavy atom. The van der Waals surface area contributed by atoms with Crippen LogP contribution in [0.2, 0.25) is 5.02 Å². The van der Waals surface area contributed by atoms with Gasteiger partial charge in [0, 0.05) is 32.7 Å². The molecule has 2 heterocycles. The first-order valence-corrected chi connectivity index (χ1v) is 12.8. The van der Waals surface area contributed by atoms with Crippen LogP contribution in [0.1, 0.15) is 33.3 Å². The van der Waals surface area contributed by atoms with Crippen molar-refractivity contribution >= 4 is 75.8 Å². The quantitative estimate of drug-likeness (QED) is 0.201. The van der Waals surface area contributed by atoms with Gasteiger partial charge in [-0.05, 0) is 23.8 Å². The van der Waals surface area contributed by atoms with Crippen LogP contribution in [0.5, 0.6) is 0 Å². The summed E-state index contributed by atoms with van der Waals surface area (Å²) in [5, 5.41) is 0.521. The molecule has 0 spiro atoms. The molecule has 14 heteroatoms. The lowest BCUT2D eigenvalue weighted by Crippen LogP contribution is -2.66. The molecule has 0 aromatic heterocycles. The van der Waals surface area contributed by atoms with Crippen LogP contribution in [0.15, 0.2) is 29.2 Å². The molecule has 0 saturated carbocycles. The number of halogens is 1. The van der Waals surface area contributed by atoms with Crippen LogP contribution in [-0.4, -0.2) is 76.3 Å². The summed E-state index contributed by atoms with van der Waals surface area (Å²) in [6, 6.07) is 6.74. The van der Waals surface area contributed by atoms with E-state index in [1.165, 1.54) is 0 Å². The summed E-state index contributed by atoms with van der Waals surface area (Å²) < 4.78 is 27.4. The Bertz CT molecular complexity index is 1170. The summed E-state index contributed by atoms with van der Waals surface area (Å²) in [5.74, 6) is -3.57. The molecule has 0 aliphatic carbocycles. The first-order valence-electron chi connectivity index (χ1n) is 11.2. The van der Waals surface area contributed by atoms with Crippen molar-refractivity contribution in [1.29, 1.82) is 0 Å². The number of thioether (sulfide) groups is 1. The lowest BCUT2D eigenvalue weighted by molar-refractivity contribution is -0.268. The number of esters is 4. The van der Waals surface area contributed by atoms with E-state index in [1.54, 1.807) is 30.3 Å². The van der Waals surface area contributed by atoms with Gasteiger partial charge in [-0.15, -0.1) is 0 Å². The van der Waals surface area contributed by atoms with E-state index in [-0.39, 0.29) is 9.23 Å². The zero-order valence-electron chi connectivity index (χ0n) is 20.7. The second-order valence-electron chi connectivity index (χ2n) is 8.19. The number of nitrogens with zero attached hydrogens (tertiary/aromatic N) is 1. The van der Waals surface area contributed by atoms with Crippen LogP contribution >= 0.6 is 35.6 Å². The number of thiocarbonyl (C=S) groups is 1. The molecule has 2 aliphatic rings.